The lowest BCUT2D eigenvalue weighted by Gasteiger charge is -2.08. The maximum atomic E-state index is 12.2. The topological polar surface area (TPSA) is 43.4 Å². The molecule has 110 valence electrons. The van der Waals surface area contributed by atoms with Crippen LogP contribution in [0.3, 0.4) is 0 Å². The van der Waals surface area contributed by atoms with Gasteiger partial charge in [0.2, 0.25) is 0 Å². The summed E-state index contributed by atoms with van der Waals surface area (Å²) in [5, 5.41) is 2.20. The molecule has 3 nitrogen and oxygen atoms in total. The Morgan fingerprint density at radius 1 is 0.955 bits per heavy atom. The maximum Gasteiger partial charge on any atom is 0.353 e. The first-order valence-corrected chi connectivity index (χ1v) is 7.76. The molecule has 0 amide bonds. The van der Waals surface area contributed by atoms with Gasteiger partial charge in [-0.25, -0.2) is 4.79 Å². The zero-order chi connectivity index (χ0) is 15.7. The van der Waals surface area contributed by atoms with Gasteiger partial charge in [0.25, 0.3) is 0 Å². The van der Waals surface area contributed by atoms with Crippen molar-refractivity contribution in [2.24, 2.45) is 0 Å². The van der Waals surface area contributed by atoms with Crippen molar-refractivity contribution in [3.05, 3.63) is 63.3 Å². The van der Waals surface area contributed by atoms with Gasteiger partial charge in [-0.05, 0) is 31.2 Å². The first-order chi connectivity index (χ1) is 10.6. The fourth-order valence-corrected chi connectivity index (χ4v) is 3.12. The van der Waals surface area contributed by atoms with Gasteiger partial charge in [0.05, 0.1) is 4.88 Å². The molecule has 0 aliphatic carbocycles. The first kappa shape index (κ1) is 14.8. The average Bonchev–Trinajstić information content (AvgIpc) is 3.01. The number of carbonyl (C=O) groups excluding carboxylic acids is 2. The summed E-state index contributed by atoms with van der Waals surface area (Å²) in [5.41, 5.74) is 0. The number of ketones is 1. The monoisotopic (exact) mass is 330 g/mol. The molecule has 2 aromatic carbocycles. The highest BCUT2D eigenvalue weighted by molar-refractivity contribution is 7.15. The Morgan fingerprint density at radius 2 is 1.64 bits per heavy atom. The number of fused-ring (bicyclic) bond motifs is 1. The Labute approximate surface area is 136 Å². The molecule has 0 radical (unpaired) electrons. The van der Waals surface area contributed by atoms with Crippen LogP contribution in [-0.4, -0.2) is 11.8 Å². The normalized spacial score (nSPS) is 10.6. The second-order valence-corrected chi connectivity index (χ2v) is 6.19. The van der Waals surface area contributed by atoms with Crippen LogP contribution in [0.1, 0.15) is 26.3 Å². The van der Waals surface area contributed by atoms with Crippen LogP contribution >= 0.6 is 22.9 Å². The zero-order valence-electron chi connectivity index (χ0n) is 11.6. The molecule has 3 rings (SSSR count). The SMILES string of the molecule is CC(=O)c1ccc(C(=O)Oc2ccc(Cl)c3ccccc23)s1. The number of rotatable bonds is 3. The molecule has 0 saturated heterocycles. The summed E-state index contributed by atoms with van der Waals surface area (Å²) in [7, 11) is 0. The predicted molar refractivity (Wildman–Crippen MR) is 88.2 cm³/mol. The molecule has 1 heterocycles. The molecular formula is C17H11ClO3S. The molecule has 0 N–H and O–H groups in total. The Morgan fingerprint density at radius 3 is 2.32 bits per heavy atom. The number of ether oxygens (including phenoxy) is 1. The van der Waals surface area contributed by atoms with Gasteiger partial charge in [-0.3, -0.25) is 4.79 Å². The van der Waals surface area contributed by atoms with E-state index in [1.54, 1.807) is 24.3 Å². The highest BCUT2D eigenvalue weighted by atomic mass is 35.5. The van der Waals surface area contributed by atoms with Gasteiger partial charge < -0.3 is 4.74 Å². The van der Waals surface area contributed by atoms with Crippen molar-refractivity contribution in [3.63, 3.8) is 0 Å². The predicted octanol–water partition coefficient (Wildman–Crippen LogP) is 4.98. The van der Waals surface area contributed by atoms with Gasteiger partial charge in [-0.15, -0.1) is 11.3 Å². The van der Waals surface area contributed by atoms with Gasteiger partial charge in [-0.1, -0.05) is 35.9 Å². The lowest BCUT2D eigenvalue weighted by molar-refractivity contribution is 0.0742. The Hall–Kier alpha value is -2.17. The number of hydrogen-bond donors (Lipinski definition) is 0. The van der Waals surface area contributed by atoms with Crippen molar-refractivity contribution in [2.45, 2.75) is 6.92 Å². The van der Waals surface area contributed by atoms with Gasteiger partial charge in [0.15, 0.2) is 5.78 Å². The van der Waals surface area contributed by atoms with Crippen LogP contribution in [0, 0.1) is 0 Å². The fraction of sp³-hybridized carbons (Fsp3) is 0.0588. The van der Waals surface area contributed by atoms with E-state index in [1.165, 1.54) is 6.92 Å². The van der Waals surface area contributed by atoms with Crippen LogP contribution < -0.4 is 4.74 Å². The first-order valence-electron chi connectivity index (χ1n) is 6.56. The van der Waals surface area contributed by atoms with Crippen molar-refractivity contribution >= 4 is 45.5 Å². The molecule has 0 unspecified atom stereocenters. The van der Waals surface area contributed by atoms with Crippen LogP contribution in [0.2, 0.25) is 5.02 Å². The fourth-order valence-electron chi connectivity index (χ4n) is 2.11. The number of carbonyl (C=O) groups is 2. The van der Waals surface area contributed by atoms with Gasteiger partial charge in [-0.2, -0.15) is 0 Å². The smallest absolute Gasteiger partial charge is 0.353 e. The van der Waals surface area contributed by atoms with Crippen LogP contribution in [0.4, 0.5) is 0 Å². The molecule has 0 atom stereocenters. The highest BCUT2D eigenvalue weighted by Crippen LogP contribution is 2.32. The summed E-state index contributed by atoms with van der Waals surface area (Å²) >= 11 is 7.27. The van der Waals surface area contributed by atoms with E-state index in [2.05, 4.69) is 0 Å². The second-order valence-electron chi connectivity index (χ2n) is 4.70. The quantitative estimate of drug-likeness (QED) is 0.386. The second kappa shape index (κ2) is 5.91. The standard InChI is InChI=1S/C17H11ClO3S/c1-10(19)15-8-9-16(22-15)17(20)21-14-7-6-13(18)11-4-2-3-5-12(11)14/h2-9H,1H3. The van der Waals surface area contributed by atoms with E-state index < -0.39 is 5.97 Å². The lowest BCUT2D eigenvalue weighted by Crippen LogP contribution is -2.06. The minimum atomic E-state index is -0.482. The van der Waals surface area contributed by atoms with Crippen LogP contribution in [-0.2, 0) is 0 Å². The number of benzene rings is 2. The third-order valence-electron chi connectivity index (χ3n) is 3.19. The molecule has 5 heteroatoms. The Bertz CT molecular complexity index is 882. The van der Waals surface area contributed by atoms with E-state index in [4.69, 9.17) is 16.3 Å². The Balaban J connectivity index is 1.94. The maximum absolute atomic E-state index is 12.2. The summed E-state index contributed by atoms with van der Waals surface area (Å²) in [6.07, 6.45) is 0. The third kappa shape index (κ3) is 2.75. The summed E-state index contributed by atoms with van der Waals surface area (Å²) < 4.78 is 5.46. The number of halogens is 1. The van der Waals surface area contributed by atoms with Crippen molar-refractivity contribution in [1.29, 1.82) is 0 Å². The van der Waals surface area contributed by atoms with E-state index >= 15 is 0 Å². The summed E-state index contributed by atoms with van der Waals surface area (Å²) in [4.78, 5) is 24.4. The van der Waals surface area contributed by atoms with Crippen molar-refractivity contribution in [2.75, 3.05) is 0 Å². The van der Waals surface area contributed by atoms with Crippen LogP contribution in [0.15, 0.2) is 48.5 Å². The molecule has 0 aliphatic rings. The molecule has 0 spiro atoms. The van der Waals surface area contributed by atoms with Crippen LogP contribution in [0.5, 0.6) is 5.75 Å². The molecule has 3 aromatic rings. The van der Waals surface area contributed by atoms with Gasteiger partial charge in [0.1, 0.15) is 10.6 Å². The van der Waals surface area contributed by atoms with Crippen molar-refractivity contribution in [3.8, 4) is 5.75 Å². The molecule has 0 aliphatic heterocycles. The molecule has 0 fully saturated rings. The minimum absolute atomic E-state index is 0.0685. The highest BCUT2D eigenvalue weighted by Gasteiger charge is 2.15. The van der Waals surface area contributed by atoms with Crippen molar-refractivity contribution < 1.29 is 14.3 Å². The number of hydrogen-bond acceptors (Lipinski definition) is 4. The van der Waals surface area contributed by atoms with E-state index in [0.29, 0.717) is 20.5 Å². The summed E-state index contributed by atoms with van der Waals surface area (Å²) in [6.45, 7) is 1.47. The average molecular weight is 331 g/mol. The molecule has 0 bridgehead atoms. The number of esters is 1. The van der Waals surface area contributed by atoms with E-state index in [1.807, 2.05) is 24.3 Å². The van der Waals surface area contributed by atoms with Gasteiger partial charge >= 0.3 is 5.97 Å². The summed E-state index contributed by atoms with van der Waals surface area (Å²) in [6, 6.07) is 14.0. The Kier molecular flexibility index (Phi) is 3.96. The number of Topliss-reactive ketones (excluding diaryl/α,β-unsaturated/α-hetero) is 1. The molecule has 22 heavy (non-hydrogen) atoms. The molecule has 1 aromatic heterocycles. The minimum Gasteiger partial charge on any atom is -0.422 e. The molecular weight excluding hydrogens is 320 g/mol. The lowest BCUT2D eigenvalue weighted by atomic mass is 10.1. The molecule has 0 saturated carbocycles. The largest absolute Gasteiger partial charge is 0.422 e. The van der Waals surface area contributed by atoms with Crippen LogP contribution in [0.25, 0.3) is 10.8 Å². The van der Waals surface area contributed by atoms with E-state index in [9.17, 15) is 9.59 Å². The van der Waals surface area contributed by atoms with E-state index in [0.717, 1.165) is 22.1 Å². The van der Waals surface area contributed by atoms with E-state index in [-0.39, 0.29) is 5.78 Å². The third-order valence-corrected chi connectivity index (χ3v) is 4.68. The van der Waals surface area contributed by atoms with Gasteiger partial charge in [0, 0.05) is 15.8 Å². The number of thiophene rings is 1. The zero-order valence-corrected chi connectivity index (χ0v) is 13.2. The summed E-state index contributed by atoms with van der Waals surface area (Å²) in [5.74, 6) is -0.103. The van der Waals surface area contributed by atoms with Crippen molar-refractivity contribution in [1.82, 2.24) is 0 Å².